The molecule has 0 spiro atoms. The van der Waals surface area contributed by atoms with Crippen LogP contribution in [-0.4, -0.2) is 29.1 Å². The predicted octanol–water partition coefficient (Wildman–Crippen LogP) is 1.90. The number of anilines is 1. The van der Waals surface area contributed by atoms with Crippen LogP contribution in [0.3, 0.4) is 0 Å². The smallest absolute Gasteiger partial charge is 0.281 e. The van der Waals surface area contributed by atoms with Gasteiger partial charge in [0.15, 0.2) is 5.52 Å². The Morgan fingerprint density at radius 3 is 2.36 bits per heavy atom. The van der Waals surface area contributed by atoms with Crippen LogP contribution in [0.2, 0.25) is 0 Å². The molecule has 25 heavy (non-hydrogen) atoms. The molecule has 3 heterocycles. The minimum Gasteiger partial charge on any atom is -0.351 e. The van der Waals surface area contributed by atoms with Gasteiger partial charge in [-0.3, -0.25) is 18.7 Å². The molecule has 0 unspecified atom stereocenters. The van der Waals surface area contributed by atoms with E-state index in [1.165, 1.54) is 0 Å². The van der Waals surface area contributed by atoms with Crippen LogP contribution >= 0.6 is 0 Å². The highest BCUT2D eigenvalue weighted by Gasteiger charge is 2.17. The summed E-state index contributed by atoms with van der Waals surface area (Å²) < 4.78 is 5.25. The average Bonchev–Trinajstić information content (AvgIpc) is 3.01. The van der Waals surface area contributed by atoms with Crippen molar-refractivity contribution in [2.75, 3.05) is 5.32 Å². The lowest BCUT2D eigenvalue weighted by atomic mass is 10.2. The van der Waals surface area contributed by atoms with Crippen molar-refractivity contribution in [2.45, 2.75) is 54.3 Å². The molecule has 0 fully saturated rings. The van der Waals surface area contributed by atoms with Crippen molar-refractivity contribution in [1.82, 2.24) is 29.1 Å². The molecule has 1 N–H and O–H groups in total. The van der Waals surface area contributed by atoms with E-state index in [9.17, 15) is 4.79 Å². The number of hydrogen-bond donors (Lipinski definition) is 1. The van der Waals surface area contributed by atoms with Crippen LogP contribution in [0.5, 0.6) is 0 Å². The van der Waals surface area contributed by atoms with Crippen LogP contribution < -0.4 is 10.9 Å². The third kappa shape index (κ3) is 2.71. The van der Waals surface area contributed by atoms with E-state index >= 15 is 0 Å². The molecule has 0 atom stereocenters. The van der Waals surface area contributed by atoms with E-state index in [0.29, 0.717) is 30.1 Å². The summed E-state index contributed by atoms with van der Waals surface area (Å²) in [6.07, 6.45) is 0. The molecule has 3 aromatic rings. The summed E-state index contributed by atoms with van der Waals surface area (Å²) in [5, 5.41) is 12.2. The Bertz CT molecular complexity index is 993. The Balaban J connectivity index is 2.03. The second-order valence-electron chi connectivity index (χ2n) is 6.21. The maximum Gasteiger partial charge on any atom is 0.281 e. The normalized spacial score (nSPS) is 11.4. The fourth-order valence-corrected chi connectivity index (χ4v) is 3.30. The molecule has 0 amide bonds. The average molecular weight is 343 g/mol. The SMILES string of the molecule is CCn1nc(C)c(CNc2nc3c(C)nn(C)c3c(=O)n2CC)c1C. The van der Waals surface area contributed by atoms with E-state index in [-0.39, 0.29) is 5.56 Å². The number of hydrogen-bond acceptors (Lipinski definition) is 5. The van der Waals surface area contributed by atoms with Crippen LogP contribution in [0.15, 0.2) is 4.79 Å². The van der Waals surface area contributed by atoms with Gasteiger partial charge in [0, 0.05) is 37.9 Å². The first-order valence-electron chi connectivity index (χ1n) is 8.59. The summed E-state index contributed by atoms with van der Waals surface area (Å²) in [6, 6.07) is 0. The zero-order valence-corrected chi connectivity index (χ0v) is 15.7. The van der Waals surface area contributed by atoms with Gasteiger partial charge in [0.05, 0.1) is 11.4 Å². The summed E-state index contributed by atoms with van der Waals surface area (Å²) in [4.78, 5) is 17.5. The molecule has 0 radical (unpaired) electrons. The lowest BCUT2D eigenvalue weighted by Crippen LogP contribution is -2.25. The van der Waals surface area contributed by atoms with Gasteiger partial charge in [0.1, 0.15) is 5.52 Å². The van der Waals surface area contributed by atoms with Gasteiger partial charge in [-0.15, -0.1) is 0 Å². The predicted molar refractivity (Wildman–Crippen MR) is 97.9 cm³/mol. The quantitative estimate of drug-likeness (QED) is 0.765. The summed E-state index contributed by atoms with van der Waals surface area (Å²) in [6.45, 7) is 11.9. The van der Waals surface area contributed by atoms with Crippen LogP contribution in [0, 0.1) is 20.8 Å². The first kappa shape index (κ1) is 17.2. The van der Waals surface area contributed by atoms with Gasteiger partial charge in [0.2, 0.25) is 5.95 Å². The van der Waals surface area contributed by atoms with Gasteiger partial charge in [-0.2, -0.15) is 10.2 Å². The fraction of sp³-hybridized carbons (Fsp3) is 0.529. The lowest BCUT2D eigenvalue weighted by Gasteiger charge is -2.13. The number of aryl methyl sites for hydroxylation is 4. The third-order valence-corrected chi connectivity index (χ3v) is 4.68. The van der Waals surface area contributed by atoms with Crippen molar-refractivity contribution in [2.24, 2.45) is 7.05 Å². The molecule has 0 aliphatic rings. The van der Waals surface area contributed by atoms with Crippen LogP contribution in [0.4, 0.5) is 5.95 Å². The molecule has 0 aromatic carbocycles. The Labute approximate surface area is 146 Å². The molecule has 0 saturated carbocycles. The molecular formula is C17H25N7O. The number of aromatic nitrogens is 6. The van der Waals surface area contributed by atoms with Crippen molar-refractivity contribution in [3.63, 3.8) is 0 Å². The topological polar surface area (TPSA) is 82.6 Å². The van der Waals surface area contributed by atoms with Gasteiger partial charge in [-0.25, -0.2) is 4.98 Å². The molecule has 3 aromatic heterocycles. The number of fused-ring (bicyclic) bond motifs is 1. The fourth-order valence-electron chi connectivity index (χ4n) is 3.30. The first-order chi connectivity index (χ1) is 11.9. The number of nitrogens with zero attached hydrogens (tertiary/aromatic N) is 6. The van der Waals surface area contributed by atoms with Crippen molar-refractivity contribution in [1.29, 1.82) is 0 Å². The molecule has 0 saturated heterocycles. The molecule has 8 heteroatoms. The van der Waals surface area contributed by atoms with E-state index in [1.54, 1.807) is 16.3 Å². The molecule has 0 bridgehead atoms. The zero-order valence-electron chi connectivity index (χ0n) is 15.7. The maximum atomic E-state index is 12.8. The van der Waals surface area contributed by atoms with Gasteiger partial charge < -0.3 is 5.32 Å². The summed E-state index contributed by atoms with van der Waals surface area (Å²) in [7, 11) is 1.78. The summed E-state index contributed by atoms with van der Waals surface area (Å²) in [5.41, 5.74) is 5.14. The minimum absolute atomic E-state index is 0.0733. The number of rotatable bonds is 5. The van der Waals surface area contributed by atoms with E-state index in [2.05, 4.69) is 34.3 Å². The monoisotopic (exact) mass is 343 g/mol. The van der Waals surface area contributed by atoms with Gasteiger partial charge >= 0.3 is 0 Å². The molecular weight excluding hydrogens is 318 g/mol. The first-order valence-corrected chi connectivity index (χ1v) is 8.59. The summed E-state index contributed by atoms with van der Waals surface area (Å²) >= 11 is 0. The zero-order chi connectivity index (χ0) is 18.3. The van der Waals surface area contributed by atoms with Gasteiger partial charge in [0.25, 0.3) is 5.56 Å². The second kappa shape index (κ2) is 6.34. The highest BCUT2D eigenvalue weighted by atomic mass is 16.1. The van der Waals surface area contributed by atoms with Crippen LogP contribution in [0.25, 0.3) is 11.0 Å². The van der Waals surface area contributed by atoms with Gasteiger partial charge in [-0.1, -0.05) is 0 Å². The minimum atomic E-state index is -0.0733. The Morgan fingerprint density at radius 1 is 1.04 bits per heavy atom. The van der Waals surface area contributed by atoms with E-state index in [1.807, 2.05) is 25.5 Å². The third-order valence-electron chi connectivity index (χ3n) is 4.68. The highest BCUT2D eigenvalue weighted by molar-refractivity contribution is 5.77. The highest BCUT2D eigenvalue weighted by Crippen LogP contribution is 2.17. The molecule has 8 nitrogen and oxygen atoms in total. The Kier molecular flexibility index (Phi) is 4.36. The van der Waals surface area contributed by atoms with Crippen LogP contribution in [0.1, 0.15) is 36.5 Å². The molecule has 134 valence electrons. The Morgan fingerprint density at radius 2 is 1.76 bits per heavy atom. The van der Waals surface area contributed by atoms with E-state index < -0.39 is 0 Å². The largest absolute Gasteiger partial charge is 0.351 e. The lowest BCUT2D eigenvalue weighted by molar-refractivity contribution is 0.633. The number of nitrogens with one attached hydrogen (secondary N) is 1. The van der Waals surface area contributed by atoms with Crippen molar-refractivity contribution in [3.8, 4) is 0 Å². The van der Waals surface area contributed by atoms with Crippen LogP contribution in [-0.2, 0) is 26.7 Å². The van der Waals surface area contributed by atoms with E-state index in [4.69, 9.17) is 0 Å². The van der Waals surface area contributed by atoms with Gasteiger partial charge in [-0.05, 0) is 34.6 Å². The van der Waals surface area contributed by atoms with E-state index in [0.717, 1.165) is 29.2 Å². The van der Waals surface area contributed by atoms with Crippen molar-refractivity contribution < 1.29 is 0 Å². The molecule has 0 aliphatic carbocycles. The maximum absolute atomic E-state index is 12.8. The second-order valence-corrected chi connectivity index (χ2v) is 6.21. The van der Waals surface area contributed by atoms with Crippen molar-refractivity contribution >= 4 is 17.0 Å². The van der Waals surface area contributed by atoms with Crippen molar-refractivity contribution in [3.05, 3.63) is 33.0 Å². The Hall–Kier alpha value is -2.64. The molecule has 3 rings (SSSR count). The molecule has 0 aliphatic heterocycles. The summed E-state index contributed by atoms with van der Waals surface area (Å²) in [5.74, 6) is 0.569. The standard InChI is InChI=1S/C17H25N7O/c1-7-23-16(25)15-14(11(4)20-22(15)6)19-17(23)18-9-13-10(3)21-24(8-2)12(13)5/h7-9H2,1-6H3,(H,18,19).